The lowest BCUT2D eigenvalue weighted by molar-refractivity contribution is -0.121. The van der Waals surface area contributed by atoms with Gasteiger partial charge in [-0.15, -0.1) is 0 Å². The number of sulfone groups is 1. The molecule has 0 bridgehead atoms. The van der Waals surface area contributed by atoms with Gasteiger partial charge in [-0.1, -0.05) is 36.4 Å². The molecule has 0 N–H and O–H groups in total. The molecule has 0 saturated carbocycles. The topological polar surface area (TPSA) is 63.7 Å². The number of para-hydroxylation sites is 2. The van der Waals surface area contributed by atoms with Crippen LogP contribution in [0, 0.1) is 6.92 Å². The number of benzene rings is 2. The highest BCUT2D eigenvalue weighted by Gasteiger charge is 2.35. The molecule has 1 saturated heterocycles. The molecule has 0 aliphatic carbocycles. The average molecular weight is 359 g/mol. The molecule has 132 valence electrons. The predicted molar refractivity (Wildman–Crippen MR) is 97.7 cm³/mol. The van der Waals surface area contributed by atoms with Crippen molar-refractivity contribution in [3.05, 3.63) is 60.2 Å². The van der Waals surface area contributed by atoms with Crippen LogP contribution in [-0.2, 0) is 14.6 Å². The molecule has 1 heterocycles. The van der Waals surface area contributed by atoms with E-state index in [-0.39, 0.29) is 30.1 Å². The van der Waals surface area contributed by atoms with Crippen LogP contribution in [0.2, 0.25) is 0 Å². The number of carbonyl (C=O) groups excluding carboxylic acids is 1. The van der Waals surface area contributed by atoms with E-state index in [9.17, 15) is 13.2 Å². The van der Waals surface area contributed by atoms with Gasteiger partial charge in [-0.2, -0.15) is 0 Å². The lowest BCUT2D eigenvalue weighted by Crippen LogP contribution is -2.43. The molecule has 5 nitrogen and oxygen atoms in total. The third kappa shape index (κ3) is 4.20. The minimum absolute atomic E-state index is 0.00199. The first-order valence-corrected chi connectivity index (χ1v) is 10.0. The van der Waals surface area contributed by atoms with E-state index < -0.39 is 9.84 Å². The van der Waals surface area contributed by atoms with Gasteiger partial charge in [-0.3, -0.25) is 4.79 Å². The number of hydrogen-bond acceptors (Lipinski definition) is 4. The van der Waals surface area contributed by atoms with Gasteiger partial charge in [0.2, 0.25) is 0 Å². The largest absolute Gasteiger partial charge is 0.483 e. The maximum Gasteiger partial charge on any atom is 0.265 e. The number of carbonyl (C=O) groups is 1. The predicted octanol–water partition coefficient (Wildman–Crippen LogP) is 2.59. The number of aryl methyl sites for hydroxylation is 1. The van der Waals surface area contributed by atoms with Crippen molar-refractivity contribution in [3.8, 4) is 5.75 Å². The van der Waals surface area contributed by atoms with Gasteiger partial charge < -0.3 is 9.64 Å². The van der Waals surface area contributed by atoms with E-state index in [2.05, 4.69) is 0 Å². The fourth-order valence-corrected chi connectivity index (χ4v) is 4.75. The number of nitrogens with zero attached hydrogens (tertiary/aromatic N) is 1. The van der Waals surface area contributed by atoms with Gasteiger partial charge in [0.25, 0.3) is 5.91 Å². The minimum Gasteiger partial charge on any atom is -0.483 e. The van der Waals surface area contributed by atoms with E-state index in [0.717, 1.165) is 5.56 Å². The first-order chi connectivity index (χ1) is 12.0. The molecule has 2 aromatic carbocycles. The zero-order valence-electron chi connectivity index (χ0n) is 14.1. The Kier molecular flexibility index (Phi) is 5.08. The summed E-state index contributed by atoms with van der Waals surface area (Å²) in [6.07, 6.45) is 0.452. The van der Waals surface area contributed by atoms with E-state index in [0.29, 0.717) is 17.9 Å². The highest BCUT2D eigenvalue weighted by Crippen LogP contribution is 2.25. The summed E-state index contributed by atoms with van der Waals surface area (Å²) in [7, 11) is -3.09. The third-order valence-electron chi connectivity index (χ3n) is 4.32. The fraction of sp³-hybridized carbons (Fsp3) is 0.316. The molecule has 1 fully saturated rings. The zero-order valence-corrected chi connectivity index (χ0v) is 14.9. The molecule has 6 heteroatoms. The van der Waals surface area contributed by atoms with E-state index in [1.807, 2.05) is 61.5 Å². The van der Waals surface area contributed by atoms with Crippen molar-refractivity contribution < 1.29 is 17.9 Å². The summed E-state index contributed by atoms with van der Waals surface area (Å²) in [5.74, 6) is 0.532. The number of anilines is 1. The summed E-state index contributed by atoms with van der Waals surface area (Å²) in [5, 5.41) is 0. The molecule has 0 aromatic heterocycles. The number of rotatable bonds is 5. The Morgan fingerprint density at radius 2 is 1.80 bits per heavy atom. The maximum absolute atomic E-state index is 12.8. The summed E-state index contributed by atoms with van der Waals surface area (Å²) in [4.78, 5) is 14.4. The molecule has 0 unspecified atom stereocenters. The van der Waals surface area contributed by atoms with Gasteiger partial charge in [-0.05, 0) is 37.1 Å². The van der Waals surface area contributed by atoms with Crippen molar-refractivity contribution in [2.75, 3.05) is 23.0 Å². The molecular weight excluding hydrogens is 338 g/mol. The van der Waals surface area contributed by atoms with Crippen molar-refractivity contribution >= 4 is 21.4 Å². The Bertz CT molecular complexity index is 849. The second kappa shape index (κ2) is 7.27. The lowest BCUT2D eigenvalue weighted by atomic mass is 10.2. The molecule has 0 radical (unpaired) electrons. The number of amides is 1. The number of ether oxygens (including phenoxy) is 1. The molecular formula is C19H21NO4S. The third-order valence-corrected chi connectivity index (χ3v) is 6.07. The van der Waals surface area contributed by atoms with E-state index in [4.69, 9.17) is 4.74 Å². The number of hydrogen-bond donors (Lipinski definition) is 0. The maximum atomic E-state index is 12.8. The zero-order chi connectivity index (χ0) is 17.9. The lowest BCUT2D eigenvalue weighted by Gasteiger charge is -2.28. The van der Waals surface area contributed by atoms with Crippen LogP contribution in [0.5, 0.6) is 5.75 Å². The Morgan fingerprint density at radius 3 is 2.44 bits per heavy atom. The minimum atomic E-state index is -3.09. The first kappa shape index (κ1) is 17.5. The molecule has 1 atom stereocenters. The Balaban J connectivity index is 1.79. The average Bonchev–Trinajstić information content (AvgIpc) is 2.95. The van der Waals surface area contributed by atoms with Crippen LogP contribution >= 0.6 is 0 Å². The second-order valence-corrected chi connectivity index (χ2v) is 8.44. The van der Waals surface area contributed by atoms with Crippen molar-refractivity contribution in [1.29, 1.82) is 0 Å². The van der Waals surface area contributed by atoms with Crippen LogP contribution in [-0.4, -0.2) is 38.5 Å². The van der Waals surface area contributed by atoms with Crippen molar-refractivity contribution in [2.24, 2.45) is 0 Å². The standard InChI is InChI=1S/C19H21NO4S/c1-15-7-5-6-10-18(15)24-13-19(21)20(16-8-3-2-4-9-16)17-11-12-25(22,23)14-17/h2-10,17H,11-14H2,1H3/t17-/m1/s1. The fourth-order valence-electron chi connectivity index (χ4n) is 3.05. The van der Waals surface area contributed by atoms with Gasteiger partial charge in [0.15, 0.2) is 16.4 Å². The summed E-state index contributed by atoms with van der Waals surface area (Å²) < 4.78 is 29.4. The summed E-state index contributed by atoms with van der Waals surface area (Å²) in [5.41, 5.74) is 1.65. The Hall–Kier alpha value is -2.34. The summed E-state index contributed by atoms with van der Waals surface area (Å²) in [6, 6.07) is 16.3. The van der Waals surface area contributed by atoms with Gasteiger partial charge in [0.05, 0.1) is 17.5 Å². The molecule has 0 spiro atoms. The monoisotopic (exact) mass is 359 g/mol. The highest BCUT2D eigenvalue weighted by molar-refractivity contribution is 7.91. The van der Waals surface area contributed by atoms with Gasteiger partial charge in [0, 0.05) is 5.69 Å². The molecule has 2 aromatic rings. The normalized spacial score (nSPS) is 18.7. The summed E-state index contributed by atoms with van der Waals surface area (Å²) >= 11 is 0. The second-order valence-electron chi connectivity index (χ2n) is 6.21. The van der Waals surface area contributed by atoms with Crippen LogP contribution in [0.25, 0.3) is 0 Å². The van der Waals surface area contributed by atoms with Crippen LogP contribution < -0.4 is 9.64 Å². The Labute approximate surface area is 148 Å². The van der Waals surface area contributed by atoms with Crippen molar-refractivity contribution in [1.82, 2.24) is 0 Å². The van der Waals surface area contributed by atoms with Gasteiger partial charge in [0.1, 0.15) is 5.75 Å². The molecule has 1 aliphatic rings. The van der Waals surface area contributed by atoms with Crippen molar-refractivity contribution in [3.63, 3.8) is 0 Å². The molecule has 1 amide bonds. The van der Waals surface area contributed by atoms with Gasteiger partial charge >= 0.3 is 0 Å². The first-order valence-electron chi connectivity index (χ1n) is 8.22. The smallest absolute Gasteiger partial charge is 0.265 e. The molecule has 25 heavy (non-hydrogen) atoms. The van der Waals surface area contributed by atoms with E-state index >= 15 is 0 Å². The summed E-state index contributed by atoms with van der Waals surface area (Å²) in [6.45, 7) is 1.79. The van der Waals surface area contributed by atoms with Crippen LogP contribution in [0.1, 0.15) is 12.0 Å². The van der Waals surface area contributed by atoms with E-state index in [1.165, 1.54) is 0 Å². The Morgan fingerprint density at radius 1 is 1.12 bits per heavy atom. The molecule has 3 rings (SSSR count). The molecule has 1 aliphatic heterocycles. The van der Waals surface area contributed by atoms with Gasteiger partial charge in [-0.25, -0.2) is 8.42 Å². The van der Waals surface area contributed by atoms with E-state index in [1.54, 1.807) is 4.90 Å². The van der Waals surface area contributed by atoms with Crippen LogP contribution in [0.4, 0.5) is 5.69 Å². The van der Waals surface area contributed by atoms with Crippen molar-refractivity contribution in [2.45, 2.75) is 19.4 Å². The van der Waals surface area contributed by atoms with Crippen LogP contribution in [0.15, 0.2) is 54.6 Å². The highest BCUT2D eigenvalue weighted by atomic mass is 32.2. The SMILES string of the molecule is Cc1ccccc1OCC(=O)N(c1ccccc1)[C@@H]1CCS(=O)(=O)C1. The van der Waals surface area contributed by atoms with Crippen LogP contribution in [0.3, 0.4) is 0 Å². The quantitative estimate of drug-likeness (QED) is 0.823.